The number of nitrogens with two attached hydrogens (primary N) is 1. The van der Waals surface area contributed by atoms with Crippen LogP contribution in [0.5, 0.6) is 0 Å². The molecule has 148 valence electrons. The van der Waals surface area contributed by atoms with Crippen LogP contribution in [-0.4, -0.2) is 36.1 Å². The van der Waals surface area contributed by atoms with E-state index in [9.17, 15) is 0 Å². The van der Waals surface area contributed by atoms with Gasteiger partial charge in [0.05, 0.1) is 5.69 Å². The Bertz CT molecular complexity index is 859. The van der Waals surface area contributed by atoms with Crippen molar-refractivity contribution in [3.05, 3.63) is 59.3 Å². The lowest BCUT2D eigenvalue weighted by Gasteiger charge is -2.38. The quantitative estimate of drug-likeness (QED) is 0.784. The Hall–Kier alpha value is -2.40. The van der Waals surface area contributed by atoms with E-state index in [2.05, 4.69) is 61.0 Å². The first-order chi connectivity index (χ1) is 13.4. The Labute approximate surface area is 168 Å². The summed E-state index contributed by atoms with van der Waals surface area (Å²) in [5.74, 6) is 1.68. The highest BCUT2D eigenvalue weighted by Gasteiger charge is 2.31. The molecule has 1 saturated heterocycles. The van der Waals surface area contributed by atoms with Gasteiger partial charge in [0.1, 0.15) is 5.82 Å². The van der Waals surface area contributed by atoms with Crippen LogP contribution in [0, 0.1) is 5.41 Å². The molecule has 1 aromatic carbocycles. The van der Waals surface area contributed by atoms with Gasteiger partial charge in [-0.3, -0.25) is 0 Å². The highest BCUT2D eigenvalue weighted by Crippen LogP contribution is 2.40. The minimum absolute atomic E-state index is 0.140. The van der Waals surface area contributed by atoms with Crippen LogP contribution in [0.3, 0.4) is 0 Å². The van der Waals surface area contributed by atoms with Gasteiger partial charge in [0, 0.05) is 37.7 Å². The Morgan fingerprint density at radius 3 is 2.79 bits per heavy atom. The molecule has 1 aliphatic heterocycles. The maximum atomic E-state index is 6.22. The number of hydrogen-bond acceptors (Lipinski definition) is 5. The fourth-order valence-corrected chi connectivity index (χ4v) is 4.61. The van der Waals surface area contributed by atoms with E-state index in [0.717, 1.165) is 57.0 Å². The lowest BCUT2D eigenvalue weighted by molar-refractivity contribution is 0.337. The van der Waals surface area contributed by atoms with E-state index in [-0.39, 0.29) is 5.41 Å². The van der Waals surface area contributed by atoms with Crippen LogP contribution in [0.15, 0.2) is 42.5 Å². The molecule has 5 heteroatoms. The van der Waals surface area contributed by atoms with Gasteiger partial charge in [-0.2, -0.15) is 4.98 Å². The predicted molar refractivity (Wildman–Crippen MR) is 116 cm³/mol. The number of aromatic nitrogens is 2. The average Bonchev–Trinajstić information content (AvgIpc) is 2.65. The number of fused-ring (bicyclic) bond motifs is 1. The minimum Gasteiger partial charge on any atom is -0.368 e. The molecule has 2 heterocycles. The minimum atomic E-state index is 0.140. The van der Waals surface area contributed by atoms with Crippen molar-refractivity contribution in [2.75, 3.05) is 36.8 Å². The highest BCUT2D eigenvalue weighted by atomic mass is 15.2. The van der Waals surface area contributed by atoms with Crippen molar-refractivity contribution in [2.24, 2.45) is 5.41 Å². The molecule has 1 unspecified atom stereocenters. The Morgan fingerprint density at radius 2 is 2.00 bits per heavy atom. The van der Waals surface area contributed by atoms with Crippen LogP contribution < -0.4 is 16.0 Å². The van der Waals surface area contributed by atoms with Crippen molar-refractivity contribution in [3.8, 4) is 0 Å². The molecule has 0 saturated carbocycles. The lowest BCUT2D eigenvalue weighted by Crippen LogP contribution is -2.46. The SMILES string of the molecule is C=C1CNCC(C)(C)CN(c2nc(N)nc3c2CCCC3c2ccccc2)C1. The van der Waals surface area contributed by atoms with Crippen LogP contribution in [0.4, 0.5) is 11.8 Å². The van der Waals surface area contributed by atoms with E-state index < -0.39 is 0 Å². The zero-order valence-corrected chi connectivity index (χ0v) is 17.0. The first kappa shape index (κ1) is 18.9. The number of nitrogens with one attached hydrogen (secondary N) is 1. The van der Waals surface area contributed by atoms with Crippen molar-refractivity contribution in [1.82, 2.24) is 15.3 Å². The number of nitrogens with zero attached hydrogens (tertiary/aromatic N) is 3. The van der Waals surface area contributed by atoms with Gasteiger partial charge in [-0.05, 0) is 35.8 Å². The maximum Gasteiger partial charge on any atom is 0.222 e. The molecule has 1 aliphatic carbocycles. The molecule has 2 aromatic rings. The van der Waals surface area contributed by atoms with Gasteiger partial charge in [0.15, 0.2) is 0 Å². The zero-order valence-electron chi connectivity index (χ0n) is 17.0. The third-order valence-electron chi connectivity index (χ3n) is 5.80. The van der Waals surface area contributed by atoms with Gasteiger partial charge in [-0.1, -0.05) is 50.8 Å². The Kier molecular flexibility index (Phi) is 5.11. The summed E-state index contributed by atoms with van der Waals surface area (Å²) >= 11 is 0. The molecule has 0 spiro atoms. The van der Waals surface area contributed by atoms with Gasteiger partial charge >= 0.3 is 0 Å². The molecule has 1 aromatic heterocycles. The summed E-state index contributed by atoms with van der Waals surface area (Å²) in [6.07, 6.45) is 3.26. The fraction of sp³-hybridized carbons (Fsp3) is 0.478. The van der Waals surface area contributed by atoms with E-state index in [1.807, 2.05) is 0 Å². The Morgan fingerprint density at radius 1 is 1.21 bits per heavy atom. The second-order valence-electron chi connectivity index (χ2n) is 9.00. The van der Waals surface area contributed by atoms with E-state index in [1.165, 1.54) is 16.7 Å². The summed E-state index contributed by atoms with van der Waals surface area (Å²) in [4.78, 5) is 11.9. The molecule has 0 amide bonds. The largest absolute Gasteiger partial charge is 0.368 e. The summed E-state index contributed by atoms with van der Waals surface area (Å²) in [6, 6.07) is 10.7. The first-order valence-electron chi connectivity index (χ1n) is 10.3. The van der Waals surface area contributed by atoms with Crippen molar-refractivity contribution < 1.29 is 0 Å². The molecule has 1 atom stereocenters. The average molecular weight is 378 g/mol. The van der Waals surface area contributed by atoms with Gasteiger partial charge in [-0.25, -0.2) is 4.98 Å². The van der Waals surface area contributed by atoms with E-state index in [0.29, 0.717) is 11.9 Å². The fourth-order valence-electron chi connectivity index (χ4n) is 4.61. The number of hydrogen-bond donors (Lipinski definition) is 2. The highest BCUT2D eigenvalue weighted by molar-refractivity contribution is 5.56. The van der Waals surface area contributed by atoms with Crippen LogP contribution >= 0.6 is 0 Å². The van der Waals surface area contributed by atoms with Gasteiger partial charge in [0.25, 0.3) is 0 Å². The Balaban J connectivity index is 1.78. The third kappa shape index (κ3) is 3.90. The predicted octanol–water partition coefficient (Wildman–Crippen LogP) is 3.52. The lowest BCUT2D eigenvalue weighted by atomic mass is 9.82. The van der Waals surface area contributed by atoms with Crippen LogP contribution in [0.25, 0.3) is 0 Å². The van der Waals surface area contributed by atoms with E-state index in [1.54, 1.807) is 0 Å². The van der Waals surface area contributed by atoms with Crippen molar-refractivity contribution in [3.63, 3.8) is 0 Å². The van der Waals surface area contributed by atoms with Crippen LogP contribution in [0.2, 0.25) is 0 Å². The molecule has 5 nitrogen and oxygen atoms in total. The van der Waals surface area contributed by atoms with Gasteiger partial charge < -0.3 is 16.0 Å². The summed E-state index contributed by atoms with van der Waals surface area (Å²) in [5.41, 5.74) is 11.2. The zero-order chi connectivity index (χ0) is 19.7. The molecule has 0 radical (unpaired) electrons. The molecule has 3 N–H and O–H groups in total. The summed E-state index contributed by atoms with van der Waals surface area (Å²) < 4.78 is 0. The van der Waals surface area contributed by atoms with Crippen molar-refractivity contribution in [1.29, 1.82) is 0 Å². The summed E-state index contributed by atoms with van der Waals surface area (Å²) in [7, 11) is 0. The number of anilines is 2. The smallest absolute Gasteiger partial charge is 0.222 e. The maximum absolute atomic E-state index is 6.22. The summed E-state index contributed by atoms with van der Waals surface area (Å²) in [5, 5.41) is 3.52. The monoisotopic (exact) mass is 377 g/mol. The van der Waals surface area contributed by atoms with Crippen LogP contribution in [0.1, 0.15) is 49.4 Å². The molecule has 1 fully saturated rings. The summed E-state index contributed by atoms with van der Waals surface area (Å²) in [6.45, 7) is 12.4. The van der Waals surface area contributed by atoms with Gasteiger partial charge in [0.2, 0.25) is 5.95 Å². The van der Waals surface area contributed by atoms with E-state index in [4.69, 9.17) is 15.7 Å². The molecular formula is C23H31N5. The van der Waals surface area contributed by atoms with Crippen molar-refractivity contribution in [2.45, 2.75) is 39.0 Å². The van der Waals surface area contributed by atoms with E-state index >= 15 is 0 Å². The second kappa shape index (κ2) is 7.55. The standard InChI is InChI=1S/C23H31N5/c1-16-12-25-14-23(2,3)15-28(13-16)21-19-11-7-10-18(17-8-5-4-6-9-17)20(19)26-22(24)27-21/h4-6,8-9,18,25H,1,7,10-15H2,2-3H3,(H2,24,26,27). The molecule has 2 aliphatic rings. The molecule has 28 heavy (non-hydrogen) atoms. The first-order valence-corrected chi connectivity index (χ1v) is 10.3. The number of nitrogen functional groups attached to an aromatic ring is 1. The number of benzene rings is 1. The van der Waals surface area contributed by atoms with Crippen LogP contribution in [-0.2, 0) is 6.42 Å². The topological polar surface area (TPSA) is 67.1 Å². The molecule has 4 rings (SSSR count). The second-order valence-corrected chi connectivity index (χ2v) is 9.00. The molecular weight excluding hydrogens is 346 g/mol. The van der Waals surface area contributed by atoms with Gasteiger partial charge in [-0.15, -0.1) is 0 Å². The number of rotatable bonds is 2. The third-order valence-corrected chi connectivity index (χ3v) is 5.80. The molecule has 0 bridgehead atoms. The van der Waals surface area contributed by atoms with Crippen molar-refractivity contribution >= 4 is 11.8 Å². The normalized spacial score (nSPS) is 22.3.